The normalized spacial score (nSPS) is 13.8. The Morgan fingerprint density at radius 2 is 2.00 bits per heavy atom. The second-order valence-corrected chi connectivity index (χ2v) is 3.61. The molecule has 0 amide bonds. The van der Waals surface area contributed by atoms with Crippen LogP contribution < -0.4 is 5.32 Å². The third-order valence-corrected chi connectivity index (χ3v) is 2.09. The summed E-state index contributed by atoms with van der Waals surface area (Å²) in [5, 5.41) is 3.50. The maximum atomic E-state index is 5.13. The summed E-state index contributed by atoms with van der Waals surface area (Å²) in [6, 6.07) is 0.515. The SMILES string of the molecule is CCCCNC(COC)C(C)C. The van der Waals surface area contributed by atoms with Crippen molar-refractivity contribution in [3.05, 3.63) is 0 Å². The van der Waals surface area contributed by atoms with Crippen LogP contribution in [0.15, 0.2) is 0 Å². The molecule has 0 aromatic heterocycles. The van der Waals surface area contributed by atoms with Gasteiger partial charge < -0.3 is 10.1 Å². The summed E-state index contributed by atoms with van der Waals surface area (Å²) in [6.07, 6.45) is 2.51. The zero-order valence-corrected chi connectivity index (χ0v) is 8.89. The summed E-state index contributed by atoms with van der Waals surface area (Å²) in [6.45, 7) is 8.59. The second-order valence-electron chi connectivity index (χ2n) is 3.61. The molecule has 0 spiro atoms. The highest BCUT2D eigenvalue weighted by molar-refractivity contribution is 4.69. The van der Waals surface area contributed by atoms with Crippen molar-refractivity contribution in [2.75, 3.05) is 20.3 Å². The molecule has 0 aliphatic heterocycles. The molecule has 2 heteroatoms. The van der Waals surface area contributed by atoms with Crippen molar-refractivity contribution in [3.8, 4) is 0 Å². The molecule has 0 radical (unpaired) electrons. The van der Waals surface area contributed by atoms with Crippen LogP contribution in [-0.4, -0.2) is 26.3 Å². The molecule has 0 fully saturated rings. The average Bonchev–Trinajstić information content (AvgIpc) is 2.03. The van der Waals surface area contributed by atoms with Gasteiger partial charge in [0.25, 0.3) is 0 Å². The minimum Gasteiger partial charge on any atom is -0.383 e. The molecular formula is C10H23NO. The van der Waals surface area contributed by atoms with Crippen LogP contribution >= 0.6 is 0 Å². The van der Waals surface area contributed by atoms with Gasteiger partial charge in [-0.15, -0.1) is 0 Å². The van der Waals surface area contributed by atoms with Gasteiger partial charge in [-0.05, 0) is 18.9 Å². The number of methoxy groups -OCH3 is 1. The Morgan fingerprint density at radius 3 is 2.42 bits per heavy atom. The number of ether oxygens (including phenoxy) is 1. The Morgan fingerprint density at radius 1 is 1.33 bits per heavy atom. The van der Waals surface area contributed by atoms with Gasteiger partial charge in [0, 0.05) is 13.2 Å². The molecular weight excluding hydrogens is 150 g/mol. The molecule has 2 nitrogen and oxygen atoms in total. The molecule has 1 unspecified atom stereocenters. The Bertz CT molecular complexity index is 93.8. The Balaban J connectivity index is 3.49. The van der Waals surface area contributed by atoms with Gasteiger partial charge in [0.1, 0.15) is 0 Å². The molecule has 12 heavy (non-hydrogen) atoms. The summed E-state index contributed by atoms with van der Waals surface area (Å²) in [4.78, 5) is 0. The third kappa shape index (κ3) is 5.56. The highest BCUT2D eigenvalue weighted by Gasteiger charge is 2.10. The molecule has 0 saturated carbocycles. The largest absolute Gasteiger partial charge is 0.383 e. The van der Waals surface area contributed by atoms with E-state index in [9.17, 15) is 0 Å². The number of nitrogens with one attached hydrogen (secondary N) is 1. The van der Waals surface area contributed by atoms with Crippen LogP contribution in [0, 0.1) is 5.92 Å². The maximum Gasteiger partial charge on any atom is 0.0618 e. The van der Waals surface area contributed by atoms with Crippen molar-refractivity contribution < 1.29 is 4.74 Å². The molecule has 1 N–H and O–H groups in total. The summed E-state index contributed by atoms with van der Waals surface area (Å²) in [5.41, 5.74) is 0. The molecule has 0 aromatic carbocycles. The van der Waals surface area contributed by atoms with Crippen LogP contribution in [0.1, 0.15) is 33.6 Å². The van der Waals surface area contributed by atoms with E-state index in [-0.39, 0.29) is 0 Å². The lowest BCUT2D eigenvalue weighted by Gasteiger charge is -2.21. The van der Waals surface area contributed by atoms with Crippen molar-refractivity contribution in [2.45, 2.75) is 39.7 Å². The predicted molar refractivity (Wildman–Crippen MR) is 53.4 cm³/mol. The maximum absolute atomic E-state index is 5.13. The van der Waals surface area contributed by atoms with Gasteiger partial charge in [0.05, 0.1) is 6.61 Å². The van der Waals surface area contributed by atoms with Crippen LogP contribution in [-0.2, 0) is 4.74 Å². The summed E-state index contributed by atoms with van der Waals surface area (Å²) in [7, 11) is 1.76. The first-order chi connectivity index (χ1) is 5.72. The van der Waals surface area contributed by atoms with E-state index < -0.39 is 0 Å². The minimum atomic E-state index is 0.515. The van der Waals surface area contributed by atoms with Crippen LogP contribution in [0.4, 0.5) is 0 Å². The highest BCUT2D eigenvalue weighted by Crippen LogP contribution is 2.01. The fourth-order valence-electron chi connectivity index (χ4n) is 1.13. The summed E-state index contributed by atoms with van der Waals surface area (Å²) < 4.78 is 5.13. The van der Waals surface area contributed by atoms with Crippen molar-refractivity contribution in [3.63, 3.8) is 0 Å². The first-order valence-electron chi connectivity index (χ1n) is 4.94. The van der Waals surface area contributed by atoms with Crippen LogP contribution in [0.3, 0.4) is 0 Å². The third-order valence-electron chi connectivity index (χ3n) is 2.09. The van der Waals surface area contributed by atoms with Gasteiger partial charge >= 0.3 is 0 Å². The zero-order chi connectivity index (χ0) is 9.40. The quantitative estimate of drug-likeness (QED) is 0.595. The molecule has 1 atom stereocenters. The van der Waals surface area contributed by atoms with Crippen LogP contribution in [0.5, 0.6) is 0 Å². The first kappa shape index (κ1) is 11.9. The monoisotopic (exact) mass is 173 g/mol. The molecule has 0 saturated heterocycles. The second kappa shape index (κ2) is 7.56. The van der Waals surface area contributed by atoms with Crippen LogP contribution in [0.25, 0.3) is 0 Å². The van der Waals surface area contributed by atoms with Crippen molar-refractivity contribution >= 4 is 0 Å². The number of unbranched alkanes of at least 4 members (excludes halogenated alkanes) is 1. The lowest BCUT2D eigenvalue weighted by atomic mass is 10.1. The number of hydrogen-bond donors (Lipinski definition) is 1. The van der Waals surface area contributed by atoms with E-state index in [1.807, 2.05) is 0 Å². The van der Waals surface area contributed by atoms with E-state index in [2.05, 4.69) is 26.1 Å². The topological polar surface area (TPSA) is 21.3 Å². The van der Waals surface area contributed by atoms with E-state index in [4.69, 9.17) is 4.74 Å². The van der Waals surface area contributed by atoms with Gasteiger partial charge in [-0.25, -0.2) is 0 Å². The fraction of sp³-hybridized carbons (Fsp3) is 1.00. The van der Waals surface area contributed by atoms with E-state index in [0.29, 0.717) is 12.0 Å². The smallest absolute Gasteiger partial charge is 0.0618 e. The standard InChI is InChI=1S/C10H23NO/c1-5-6-7-11-10(8-12-4)9(2)3/h9-11H,5-8H2,1-4H3. The Hall–Kier alpha value is -0.0800. The van der Waals surface area contributed by atoms with Gasteiger partial charge in [0.2, 0.25) is 0 Å². The van der Waals surface area contributed by atoms with E-state index >= 15 is 0 Å². The van der Waals surface area contributed by atoms with Crippen molar-refractivity contribution in [1.82, 2.24) is 5.32 Å². The lowest BCUT2D eigenvalue weighted by Crippen LogP contribution is -2.38. The molecule has 0 bridgehead atoms. The Kier molecular flexibility index (Phi) is 7.51. The fourth-order valence-corrected chi connectivity index (χ4v) is 1.13. The molecule has 0 rings (SSSR count). The lowest BCUT2D eigenvalue weighted by molar-refractivity contribution is 0.147. The number of rotatable bonds is 7. The van der Waals surface area contributed by atoms with Crippen molar-refractivity contribution in [2.24, 2.45) is 5.92 Å². The molecule has 74 valence electrons. The van der Waals surface area contributed by atoms with E-state index in [1.165, 1.54) is 12.8 Å². The van der Waals surface area contributed by atoms with Gasteiger partial charge in [-0.1, -0.05) is 27.2 Å². The summed E-state index contributed by atoms with van der Waals surface area (Å²) >= 11 is 0. The highest BCUT2D eigenvalue weighted by atomic mass is 16.5. The Labute approximate surface area is 76.7 Å². The van der Waals surface area contributed by atoms with Crippen molar-refractivity contribution in [1.29, 1.82) is 0 Å². The predicted octanol–water partition coefficient (Wildman–Crippen LogP) is 2.05. The number of hydrogen-bond acceptors (Lipinski definition) is 2. The van der Waals surface area contributed by atoms with Crippen LogP contribution in [0.2, 0.25) is 0 Å². The molecule has 0 aliphatic carbocycles. The van der Waals surface area contributed by atoms with Gasteiger partial charge in [-0.2, -0.15) is 0 Å². The van der Waals surface area contributed by atoms with Gasteiger partial charge in [-0.3, -0.25) is 0 Å². The zero-order valence-electron chi connectivity index (χ0n) is 8.89. The first-order valence-corrected chi connectivity index (χ1v) is 4.94. The minimum absolute atomic E-state index is 0.515. The molecule has 0 heterocycles. The summed E-state index contributed by atoms with van der Waals surface area (Å²) in [5.74, 6) is 0.654. The van der Waals surface area contributed by atoms with E-state index in [1.54, 1.807) is 7.11 Å². The average molecular weight is 173 g/mol. The molecule has 0 aromatic rings. The van der Waals surface area contributed by atoms with Gasteiger partial charge in [0.15, 0.2) is 0 Å². The van der Waals surface area contributed by atoms with E-state index in [0.717, 1.165) is 13.2 Å². The molecule has 0 aliphatic rings.